The van der Waals surface area contributed by atoms with E-state index in [2.05, 4.69) is 20.3 Å². The van der Waals surface area contributed by atoms with Gasteiger partial charge in [0.25, 0.3) is 0 Å². The highest BCUT2D eigenvalue weighted by Gasteiger charge is 2.08. The maximum absolute atomic E-state index is 6.13. The van der Waals surface area contributed by atoms with Crippen molar-refractivity contribution in [3.63, 3.8) is 0 Å². The molecule has 0 saturated carbocycles. The third-order valence-corrected chi connectivity index (χ3v) is 3.69. The number of hydrogen-bond donors (Lipinski definition) is 1. The zero-order chi connectivity index (χ0) is 14.4. The van der Waals surface area contributed by atoms with Gasteiger partial charge in [-0.05, 0) is 18.6 Å². The van der Waals surface area contributed by atoms with E-state index in [1.165, 1.54) is 18.9 Å². The molecule has 0 aliphatic rings. The van der Waals surface area contributed by atoms with Crippen LogP contribution in [-0.2, 0) is 5.75 Å². The summed E-state index contributed by atoms with van der Waals surface area (Å²) in [5.74, 6) is 1.21. The van der Waals surface area contributed by atoms with E-state index < -0.39 is 0 Å². The van der Waals surface area contributed by atoms with Gasteiger partial charge >= 0.3 is 6.01 Å². The van der Waals surface area contributed by atoms with Crippen LogP contribution in [0.2, 0.25) is 5.02 Å². The molecule has 7 heteroatoms. The normalized spacial score (nSPS) is 10.3. The number of nitrogens with one attached hydrogen (secondary N) is 1. The Labute approximate surface area is 127 Å². The third kappa shape index (κ3) is 3.98. The molecular weight excluding hydrogens is 296 g/mol. The smallest absolute Gasteiger partial charge is 0.321 e. The largest absolute Gasteiger partial charge is 0.467 e. The Bertz CT molecular complexity index is 582. The molecule has 0 aliphatic carbocycles. The van der Waals surface area contributed by atoms with Crippen LogP contribution in [0.15, 0.2) is 29.4 Å². The van der Waals surface area contributed by atoms with Crippen LogP contribution in [0.1, 0.15) is 12.5 Å². The number of halogens is 1. The van der Waals surface area contributed by atoms with E-state index in [1.807, 2.05) is 31.2 Å². The maximum atomic E-state index is 6.13. The van der Waals surface area contributed by atoms with Crippen LogP contribution in [-0.4, -0.2) is 28.6 Å². The summed E-state index contributed by atoms with van der Waals surface area (Å²) in [5, 5.41) is 4.40. The molecule has 0 radical (unpaired) electrons. The Morgan fingerprint density at radius 3 is 2.75 bits per heavy atom. The monoisotopic (exact) mass is 310 g/mol. The average molecular weight is 311 g/mol. The van der Waals surface area contributed by atoms with E-state index in [9.17, 15) is 0 Å². The van der Waals surface area contributed by atoms with Crippen molar-refractivity contribution in [3.05, 3.63) is 34.9 Å². The lowest BCUT2D eigenvalue weighted by molar-refractivity contribution is 0.373. The number of benzene rings is 1. The number of aromatic nitrogens is 3. The molecule has 2 rings (SSSR count). The van der Waals surface area contributed by atoms with Crippen molar-refractivity contribution in [1.29, 1.82) is 0 Å². The van der Waals surface area contributed by atoms with Gasteiger partial charge in [-0.15, -0.1) is 0 Å². The van der Waals surface area contributed by atoms with Crippen molar-refractivity contribution in [2.75, 3.05) is 19.0 Å². The lowest BCUT2D eigenvalue weighted by Gasteiger charge is -2.07. The first-order valence-electron chi connectivity index (χ1n) is 6.13. The minimum absolute atomic E-state index is 0.303. The molecule has 20 heavy (non-hydrogen) atoms. The number of thioether (sulfide) groups is 1. The summed E-state index contributed by atoms with van der Waals surface area (Å²) in [5.41, 5.74) is 1.04. The third-order valence-electron chi connectivity index (χ3n) is 2.43. The first-order chi connectivity index (χ1) is 9.72. The van der Waals surface area contributed by atoms with Gasteiger partial charge in [0.1, 0.15) is 0 Å². The highest BCUT2D eigenvalue weighted by Crippen LogP contribution is 2.25. The number of nitrogens with zero attached hydrogens (tertiary/aromatic N) is 3. The second-order valence-electron chi connectivity index (χ2n) is 3.84. The van der Waals surface area contributed by atoms with E-state index >= 15 is 0 Å². The molecule has 5 nitrogen and oxygen atoms in total. The Morgan fingerprint density at radius 1 is 1.25 bits per heavy atom. The van der Waals surface area contributed by atoms with Gasteiger partial charge in [-0.25, -0.2) is 0 Å². The van der Waals surface area contributed by atoms with Crippen LogP contribution in [0.25, 0.3) is 0 Å². The molecule has 0 bridgehead atoms. The van der Waals surface area contributed by atoms with E-state index in [0.717, 1.165) is 17.1 Å². The van der Waals surface area contributed by atoms with E-state index in [4.69, 9.17) is 16.3 Å². The van der Waals surface area contributed by atoms with Crippen molar-refractivity contribution < 1.29 is 4.74 Å². The molecule has 2 aromatic rings. The van der Waals surface area contributed by atoms with E-state index in [1.54, 1.807) is 0 Å². The Balaban J connectivity index is 2.12. The molecule has 1 N–H and O–H groups in total. The SMILES string of the molecule is CCNc1nc(OC)nc(SCc2ccccc2Cl)n1. The Morgan fingerprint density at radius 2 is 2.05 bits per heavy atom. The average Bonchev–Trinajstić information content (AvgIpc) is 2.46. The van der Waals surface area contributed by atoms with Gasteiger partial charge < -0.3 is 10.1 Å². The summed E-state index contributed by atoms with van der Waals surface area (Å²) >= 11 is 7.62. The van der Waals surface area contributed by atoms with Crippen molar-refractivity contribution in [2.45, 2.75) is 17.8 Å². The first-order valence-corrected chi connectivity index (χ1v) is 7.49. The zero-order valence-corrected chi connectivity index (χ0v) is 12.8. The van der Waals surface area contributed by atoms with Gasteiger partial charge in [0.15, 0.2) is 5.16 Å². The van der Waals surface area contributed by atoms with Gasteiger partial charge in [0.2, 0.25) is 5.95 Å². The molecule has 0 atom stereocenters. The van der Waals surface area contributed by atoms with Crippen molar-refractivity contribution in [3.8, 4) is 6.01 Å². The molecular formula is C13H15ClN4OS. The lowest BCUT2D eigenvalue weighted by Crippen LogP contribution is -2.06. The second kappa shape index (κ2) is 7.31. The van der Waals surface area contributed by atoms with Crippen LogP contribution in [0.5, 0.6) is 6.01 Å². The number of ether oxygens (including phenoxy) is 1. The van der Waals surface area contributed by atoms with Crippen molar-refractivity contribution in [2.24, 2.45) is 0 Å². The Kier molecular flexibility index (Phi) is 5.43. The fourth-order valence-electron chi connectivity index (χ4n) is 1.49. The van der Waals surface area contributed by atoms with Gasteiger partial charge in [-0.3, -0.25) is 0 Å². The highest BCUT2D eigenvalue weighted by molar-refractivity contribution is 7.98. The number of hydrogen-bond acceptors (Lipinski definition) is 6. The number of methoxy groups -OCH3 is 1. The lowest BCUT2D eigenvalue weighted by atomic mass is 10.2. The topological polar surface area (TPSA) is 59.9 Å². The summed E-state index contributed by atoms with van der Waals surface area (Å²) in [6, 6.07) is 8.03. The molecule has 1 aromatic carbocycles. The van der Waals surface area contributed by atoms with Gasteiger partial charge in [0, 0.05) is 17.3 Å². The van der Waals surface area contributed by atoms with Crippen LogP contribution in [0.3, 0.4) is 0 Å². The molecule has 0 aliphatic heterocycles. The first kappa shape index (κ1) is 14.9. The van der Waals surface area contributed by atoms with Gasteiger partial charge in [-0.2, -0.15) is 15.0 Å². The fourth-order valence-corrected chi connectivity index (χ4v) is 2.60. The van der Waals surface area contributed by atoms with Crippen molar-refractivity contribution in [1.82, 2.24) is 15.0 Å². The number of rotatable bonds is 6. The van der Waals surface area contributed by atoms with E-state index in [-0.39, 0.29) is 0 Å². The highest BCUT2D eigenvalue weighted by atomic mass is 35.5. The predicted octanol–water partition coefficient (Wildman–Crippen LogP) is 3.26. The minimum Gasteiger partial charge on any atom is -0.467 e. The molecule has 0 fully saturated rings. The molecule has 0 unspecified atom stereocenters. The summed E-state index contributed by atoms with van der Waals surface area (Å²) in [6.45, 7) is 2.72. The van der Waals surface area contributed by atoms with Crippen LogP contribution >= 0.6 is 23.4 Å². The second-order valence-corrected chi connectivity index (χ2v) is 5.19. The van der Waals surface area contributed by atoms with Crippen LogP contribution < -0.4 is 10.1 Å². The van der Waals surface area contributed by atoms with Crippen LogP contribution in [0, 0.1) is 0 Å². The summed E-state index contributed by atoms with van der Waals surface area (Å²) in [6.07, 6.45) is 0. The standard InChI is InChI=1S/C13H15ClN4OS/c1-3-15-11-16-12(19-2)18-13(17-11)20-8-9-6-4-5-7-10(9)14/h4-7H,3,8H2,1-2H3,(H,15,16,17,18). The molecule has 1 aromatic heterocycles. The summed E-state index contributed by atoms with van der Waals surface area (Å²) in [4.78, 5) is 12.7. The Hall–Kier alpha value is -1.53. The minimum atomic E-state index is 0.303. The summed E-state index contributed by atoms with van der Waals surface area (Å²) < 4.78 is 5.08. The number of anilines is 1. The van der Waals surface area contributed by atoms with Gasteiger partial charge in [-0.1, -0.05) is 41.6 Å². The fraction of sp³-hybridized carbons (Fsp3) is 0.308. The van der Waals surface area contributed by atoms with Crippen molar-refractivity contribution >= 4 is 29.3 Å². The molecule has 0 spiro atoms. The maximum Gasteiger partial charge on any atom is 0.321 e. The van der Waals surface area contributed by atoms with E-state index in [0.29, 0.717) is 22.9 Å². The summed E-state index contributed by atoms with van der Waals surface area (Å²) in [7, 11) is 1.54. The molecule has 106 valence electrons. The quantitative estimate of drug-likeness (QED) is 0.826. The zero-order valence-electron chi connectivity index (χ0n) is 11.3. The molecule has 0 saturated heterocycles. The molecule has 0 amide bonds. The predicted molar refractivity (Wildman–Crippen MR) is 81.6 cm³/mol. The van der Waals surface area contributed by atoms with Gasteiger partial charge in [0.05, 0.1) is 7.11 Å². The molecule has 1 heterocycles. The van der Waals surface area contributed by atoms with Crippen LogP contribution in [0.4, 0.5) is 5.95 Å².